The monoisotopic (exact) mass is 445 g/mol. The summed E-state index contributed by atoms with van der Waals surface area (Å²) >= 11 is 0. The number of aliphatic hydroxyl groups excluding tert-OH is 1. The lowest BCUT2D eigenvalue weighted by Crippen LogP contribution is -2.42. The Balaban J connectivity index is 2.31. The van der Waals surface area contributed by atoms with Crippen molar-refractivity contribution in [3.63, 3.8) is 0 Å². The van der Waals surface area contributed by atoms with Gasteiger partial charge in [-0.3, -0.25) is 4.79 Å². The molecule has 1 aromatic carbocycles. The van der Waals surface area contributed by atoms with Crippen LogP contribution in [0.3, 0.4) is 0 Å². The predicted molar refractivity (Wildman–Crippen MR) is 104 cm³/mol. The first-order valence-electron chi connectivity index (χ1n) is 9.44. The molecule has 0 aliphatic rings. The van der Waals surface area contributed by atoms with E-state index in [1.165, 1.54) is 0 Å². The second-order valence-corrected chi connectivity index (χ2v) is 8.27. The van der Waals surface area contributed by atoms with Gasteiger partial charge in [-0.05, 0) is 63.1 Å². The molecule has 0 saturated heterocycles. The first-order chi connectivity index (χ1) is 14.2. The fourth-order valence-corrected chi connectivity index (χ4v) is 2.87. The predicted octanol–water partition coefficient (Wildman–Crippen LogP) is 3.38. The van der Waals surface area contributed by atoms with Gasteiger partial charge in [0.15, 0.2) is 0 Å². The quantitative estimate of drug-likeness (QED) is 0.595. The second kappa shape index (κ2) is 9.27. The molecule has 0 radical (unpaired) electrons. The summed E-state index contributed by atoms with van der Waals surface area (Å²) in [5.74, 6) is -2.09. The number of nitrogens with two attached hydrogens (primary N) is 1. The molecule has 2 atom stereocenters. The summed E-state index contributed by atoms with van der Waals surface area (Å²) < 4.78 is 66.5. The number of aromatic nitrogens is 1. The van der Waals surface area contributed by atoms with Gasteiger partial charge in [-0.25, -0.2) is 13.8 Å². The van der Waals surface area contributed by atoms with Crippen LogP contribution in [0, 0.1) is 11.6 Å². The Morgan fingerprint density at radius 3 is 2.35 bits per heavy atom. The van der Waals surface area contributed by atoms with Crippen molar-refractivity contribution in [3.05, 3.63) is 64.5 Å². The van der Waals surface area contributed by atoms with E-state index in [2.05, 4.69) is 10.3 Å². The van der Waals surface area contributed by atoms with E-state index in [-0.39, 0.29) is 23.2 Å². The topological polar surface area (TPSA) is 88.2 Å². The molecule has 1 amide bonds. The Morgan fingerprint density at radius 1 is 1.13 bits per heavy atom. The number of nitrogens with one attached hydrogen (secondary N) is 1. The van der Waals surface area contributed by atoms with Crippen LogP contribution in [-0.4, -0.2) is 33.7 Å². The zero-order chi connectivity index (χ0) is 23.6. The fourth-order valence-electron chi connectivity index (χ4n) is 2.87. The van der Waals surface area contributed by atoms with Crippen LogP contribution in [0.5, 0.6) is 0 Å². The molecule has 31 heavy (non-hydrogen) atoms. The van der Waals surface area contributed by atoms with E-state index in [9.17, 15) is 31.9 Å². The van der Waals surface area contributed by atoms with E-state index >= 15 is 0 Å². The summed E-state index contributed by atoms with van der Waals surface area (Å²) in [4.78, 5) is 16.1. The van der Waals surface area contributed by atoms with Gasteiger partial charge in [-0.15, -0.1) is 0 Å². The molecule has 0 spiro atoms. The van der Waals surface area contributed by atoms with Crippen LogP contribution in [0.25, 0.3) is 0 Å². The van der Waals surface area contributed by atoms with Gasteiger partial charge in [-0.1, -0.05) is 0 Å². The molecule has 4 N–H and O–H groups in total. The zero-order valence-corrected chi connectivity index (χ0v) is 17.2. The number of benzene rings is 1. The lowest BCUT2D eigenvalue weighted by molar-refractivity contribution is -0.141. The van der Waals surface area contributed by atoms with E-state index in [1.54, 1.807) is 20.8 Å². The molecule has 10 heteroatoms. The second-order valence-electron chi connectivity index (χ2n) is 8.27. The van der Waals surface area contributed by atoms with E-state index in [1.807, 2.05) is 0 Å². The third-order valence-electron chi connectivity index (χ3n) is 4.36. The summed E-state index contributed by atoms with van der Waals surface area (Å²) in [6, 6.07) is 3.27. The number of carbonyl (C=O) groups excluding carboxylic acids is 1. The highest BCUT2D eigenvalue weighted by Crippen LogP contribution is 2.29. The minimum absolute atomic E-state index is 0.0887. The average Bonchev–Trinajstić information content (AvgIpc) is 2.62. The van der Waals surface area contributed by atoms with Crippen LogP contribution < -0.4 is 11.1 Å². The Bertz CT molecular complexity index is 942. The van der Waals surface area contributed by atoms with Gasteiger partial charge >= 0.3 is 6.18 Å². The molecule has 0 saturated carbocycles. The Hall–Kier alpha value is -2.59. The van der Waals surface area contributed by atoms with Crippen molar-refractivity contribution >= 4 is 5.91 Å². The minimum Gasteiger partial charge on any atom is -0.391 e. The average molecular weight is 445 g/mol. The number of amides is 1. The lowest BCUT2D eigenvalue weighted by atomic mass is 9.96. The van der Waals surface area contributed by atoms with Crippen molar-refractivity contribution in [1.82, 2.24) is 10.3 Å². The summed E-state index contributed by atoms with van der Waals surface area (Å²) in [6.07, 6.45) is -6.99. The number of nitrogens with zero attached hydrogens (tertiary/aromatic N) is 1. The number of carbonyl (C=O) groups is 1. The van der Waals surface area contributed by atoms with Crippen molar-refractivity contribution < 1.29 is 31.9 Å². The smallest absolute Gasteiger partial charge is 0.391 e. The molecule has 2 rings (SSSR count). The molecule has 1 aromatic heterocycles. The largest absolute Gasteiger partial charge is 0.433 e. The number of hydrogen-bond acceptors (Lipinski definition) is 4. The van der Waals surface area contributed by atoms with Gasteiger partial charge in [0.05, 0.1) is 17.4 Å². The van der Waals surface area contributed by atoms with Crippen molar-refractivity contribution in [2.24, 2.45) is 5.73 Å². The number of rotatable bonds is 6. The summed E-state index contributed by atoms with van der Waals surface area (Å²) in [5, 5.41) is 13.1. The molecular formula is C21H24F5N3O2. The number of alkyl halides is 3. The molecule has 5 nitrogen and oxygen atoms in total. The molecule has 0 fully saturated rings. The highest BCUT2D eigenvalue weighted by molar-refractivity contribution is 5.95. The van der Waals surface area contributed by atoms with Crippen molar-refractivity contribution in [1.29, 1.82) is 0 Å². The highest BCUT2D eigenvalue weighted by atomic mass is 19.4. The van der Waals surface area contributed by atoms with Gasteiger partial charge in [0.2, 0.25) is 0 Å². The number of hydrogen-bond donors (Lipinski definition) is 3. The lowest BCUT2D eigenvalue weighted by Gasteiger charge is -2.23. The van der Waals surface area contributed by atoms with Crippen molar-refractivity contribution in [2.75, 3.05) is 0 Å². The van der Waals surface area contributed by atoms with Gasteiger partial charge in [0.1, 0.15) is 17.3 Å². The first kappa shape index (κ1) is 24.7. The maximum atomic E-state index is 13.8. The van der Waals surface area contributed by atoms with Crippen molar-refractivity contribution in [3.8, 4) is 0 Å². The maximum absolute atomic E-state index is 13.8. The third-order valence-corrected chi connectivity index (χ3v) is 4.36. The van der Waals surface area contributed by atoms with Crippen LogP contribution in [0.2, 0.25) is 0 Å². The normalized spacial score (nSPS) is 14.3. The molecule has 1 heterocycles. The fraction of sp³-hybridized carbons (Fsp3) is 0.429. The molecule has 0 aliphatic carbocycles. The van der Waals surface area contributed by atoms with E-state index in [0.29, 0.717) is 6.07 Å². The van der Waals surface area contributed by atoms with Crippen LogP contribution in [0.15, 0.2) is 30.3 Å². The molecule has 0 aliphatic heterocycles. The third kappa shape index (κ3) is 6.96. The maximum Gasteiger partial charge on any atom is 0.433 e. The van der Waals surface area contributed by atoms with E-state index < -0.39 is 53.5 Å². The Labute approximate surface area is 176 Å². The minimum atomic E-state index is -4.76. The number of pyridine rings is 1. The standard InChI is InChI=1S/C21H24F5N3O2/c1-20(2,3)29-19(31)13-5-7-18(21(24,25)26)28-16(13)10-17(30)15(27)9-11-8-12(22)4-6-14(11)23/h4-8,15,17,30H,9-10,27H2,1-3H3,(H,29,31)/t15-,17-/m1/s1. The number of aliphatic hydroxyl groups is 1. The van der Waals surface area contributed by atoms with Crippen LogP contribution >= 0.6 is 0 Å². The molecular weight excluding hydrogens is 421 g/mol. The number of halogens is 5. The van der Waals surface area contributed by atoms with Crippen molar-refractivity contribution in [2.45, 2.75) is 57.5 Å². The SMILES string of the molecule is CC(C)(C)NC(=O)c1ccc(C(F)(F)F)nc1C[C@@H](O)[C@H](N)Cc1cc(F)ccc1F. The Kier molecular flexibility index (Phi) is 7.38. The van der Waals surface area contributed by atoms with E-state index in [4.69, 9.17) is 5.73 Å². The van der Waals surface area contributed by atoms with Crippen LogP contribution in [0.4, 0.5) is 22.0 Å². The molecule has 0 unspecified atom stereocenters. The van der Waals surface area contributed by atoms with E-state index in [0.717, 1.165) is 24.3 Å². The molecule has 2 aromatic rings. The first-order valence-corrected chi connectivity index (χ1v) is 9.44. The van der Waals surface area contributed by atoms with Gasteiger partial charge in [0.25, 0.3) is 5.91 Å². The molecule has 170 valence electrons. The highest BCUT2D eigenvalue weighted by Gasteiger charge is 2.34. The van der Waals surface area contributed by atoms with Crippen LogP contribution in [0.1, 0.15) is 48.1 Å². The Morgan fingerprint density at radius 2 is 1.77 bits per heavy atom. The molecule has 0 bridgehead atoms. The van der Waals surface area contributed by atoms with Crippen LogP contribution in [-0.2, 0) is 19.0 Å². The van der Waals surface area contributed by atoms with Gasteiger partial charge in [-0.2, -0.15) is 13.2 Å². The zero-order valence-electron chi connectivity index (χ0n) is 17.2. The summed E-state index contributed by atoms with van der Waals surface area (Å²) in [6.45, 7) is 5.08. The van der Waals surface area contributed by atoms with Gasteiger partial charge < -0.3 is 16.2 Å². The van der Waals surface area contributed by atoms with Gasteiger partial charge in [0, 0.05) is 18.0 Å². The summed E-state index contributed by atoms with van der Waals surface area (Å²) in [7, 11) is 0. The summed E-state index contributed by atoms with van der Waals surface area (Å²) in [5.41, 5.74) is 3.44.